The van der Waals surface area contributed by atoms with E-state index in [1.807, 2.05) is 38.1 Å². The molecule has 0 atom stereocenters. The molecule has 0 aromatic heterocycles. The van der Waals surface area contributed by atoms with E-state index >= 15 is 0 Å². The molecule has 0 N–H and O–H groups in total. The van der Waals surface area contributed by atoms with Crippen LogP contribution in [-0.4, -0.2) is 4.98 Å². The summed E-state index contributed by atoms with van der Waals surface area (Å²) in [5, 5.41) is 0. The van der Waals surface area contributed by atoms with Crippen molar-refractivity contribution in [2.45, 2.75) is 13.8 Å². The maximum atomic E-state index is 11.8. The Bertz CT molecular complexity index is 745. The zero-order chi connectivity index (χ0) is 12.0. The van der Waals surface area contributed by atoms with Gasteiger partial charge in [-0.25, -0.2) is 4.98 Å². The molecule has 1 aliphatic carbocycles. The van der Waals surface area contributed by atoms with Gasteiger partial charge in [-0.1, -0.05) is 12.1 Å². The van der Waals surface area contributed by atoms with E-state index in [2.05, 4.69) is 4.98 Å². The topological polar surface area (TPSA) is 30.0 Å². The molecule has 0 bridgehead atoms. The summed E-state index contributed by atoms with van der Waals surface area (Å²) in [6.07, 6.45) is 0. The van der Waals surface area contributed by atoms with E-state index in [0.29, 0.717) is 0 Å². The number of fused-ring (bicyclic) bond motifs is 2. The molecule has 2 nitrogen and oxygen atoms in total. The van der Waals surface area contributed by atoms with Gasteiger partial charge in [0.25, 0.3) is 0 Å². The van der Waals surface area contributed by atoms with Crippen LogP contribution in [0.4, 0.5) is 0 Å². The van der Waals surface area contributed by atoms with Crippen molar-refractivity contribution >= 4 is 21.6 Å². The first-order valence-electron chi connectivity index (χ1n) is 5.46. The van der Waals surface area contributed by atoms with Gasteiger partial charge in [0.1, 0.15) is 0 Å². The summed E-state index contributed by atoms with van der Waals surface area (Å²) in [6.45, 7) is 3.81. The highest BCUT2D eigenvalue weighted by atomic mass is 32.1. The molecule has 0 saturated heterocycles. The smallest absolute Gasteiger partial charge is 0.183 e. The van der Waals surface area contributed by atoms with Crippen molar-refractivity contribution < 1.29 is 0 Å². The Hall–Kier alpha value is -1.74. The van der Waals surface area contributed by atoms with E-state index < -0.39 is 0 Å². The first-order chi connectivity index (χ1) is 8.16. The minimum Gasteiger partial charge on any atom is -0.290 e. The normalized spacial score (nSPS) is 11.2. The molecule has 3 rings (SSSR count). The van der Waals surface area contributed by atoms with E-state index in [0.717, 1.165) is 31.9 Å². The van der Waals surface area contributed by atoms with Crippen molar-refractivity contribution in [2.75, 3.05) is 0 Å². The highest BCUT2D eigenvalue weighted by Gasteiger charge is 2.14. The third-order valence-corrected chi connectivity index (χ3v) is 4.22. The summed E-state index contributed by atoms with van der Waals surface area (Å²) in [6, 6.07) is 9.70. The van der Waals surface area contributed by atoms with E-state index in [-0.39, 0.29) is 5.43 Å². The molecule has 0 radical (unpaired) electrons. The zero-order valence-electron chi connectivity index (χ0n) is 9.65. The summed E-state index contributed by atoms with van der Waals surface area (Å²) in [5.74, 6) is 0. The van der Waals surface area contributed by atoms with E-state index in [4.69, 9.17) is 0 Å². The number of hydrogen-bond acceptors (Lipinski definition) is 3. The molecule has 17 heavy (non-hydrogen) atoms. The first-order valence-corrected chi connectivity index (χ1v) is 6.28. The van der Waals surface area contributed by atoms with E-state index in [9.17, 15) is 4.79 Å². The van der Waals surface area contributed by atoms with Crippen LogP contribution in [0.5, 0.6) is 0 Å². The largest absolute Gasteiger partial charge is 0.290 e. The van der Waals surface area contributed by atoms with Gasteiger partial charge in [0.2, 0.25) is 0 Å². The fourth-order valence-electron chi connectivity index (χ4n) is 1.97. The number of rotatable bonds is 0. The molecular weight excluding hydrogens is 230 g/mol. The van der Waals surface area contributed by atoms with Crippen LogP contribution in [0.2, 0.25) is 0 Å². The van der Waals surface area contributed by atoms with Crippen LogP contribution in [0.25, 0.3) is 20.8 Å². The molecule has 0 amide bonds. The van der Waals surface area contributed by atoms with Crippen molar-refractivity contribution in [3.05, 3.63) is 51.7 Å². The maximum absolute atomic E-state index is 11.8. The summed E-state index contributed by atoms with van der Waals surface area (Å²) in [5.41, 5.74) is 3.80. The van der Waals surface area contributed by atoms with Crippen LogP contribution in [0.15, 0.2) is 35.1 Å². The Labute approximate surface area is 103 Å². The minimum atomic E-state index is 0.100. The van der Waals surface area contributed by atoms with Crippen molar-refractivity contribution in [1.29, 1.82) is 0 Å². The third-order valence-electron chi connectivity index (χ3n) is 2.96. The Kier molecular flexibility index (Phi) is 2.23. The molecule has 1 heterocycles. The molecule has 1 aromatic carbocycles. The van der Waals surface area contributed by atoms with Gasteiger partial charge in [-0.2, -0.15) is 0 Å². The summed E-state index contributed by atoms with van der Waals surface area (Å²) >= 11 is 1.64. The molecule has 0 saturated carbocycles. The second-order valence-electron chi connectivity index (χ2n) is 4.18. The molecule has 2 aliphatic rings. The Balaban J connectivity index is 2.56. The summed E-state index contributed by atoms with van der Waals surface area (Å²) < 4.78 is 1.12. The van der Waals surface area contributed by atoms with Crippen LogP contribution in [0, 0.1) is 13.8 Å². The lowest BCUT2D eigenvalue weighted by Gasteiger charge is -2.10. The predicted molar refractivity (Wildman–Crippen MR) is 72.0 cm³/mol. The van der Waals surface area contributed by atoms with Gasteiger partial charge in [0.15, 0.2) is 5.43 Å². The van der Waals surface area contributed by atoms with Gasteiger partial charge in [0, 0.05) is 5.56 Å². The second kappa shape index (κ2) is 3.64. The molecule has 0 unspecified atom stereocenters. The summed E-state index contributed by atoms with van der Waals surface area (Å²) in [7, 11) is 0. The van der Waals surface area contributed by atoms with Gasteiger partial charge in [-0.15, -0.1) is 11.3 Å². The zero-order valence-corrected chi connectivity index (χ0v) is 10.5. The van der Waals surface area contributed by atoms with E-state index in [1.54, 1.807) is 17.4 Å². The number of hydrogen-bond donors (Lipinski definition) is 0. The van der Waals surface area contributed by atoms with E-state index in [1.165, 1.54) is 0 Å². The average Bonchev–Trinajstić information content (AvgIpc) is 2.34. The Morgan fingerprint density at radius 3 is 2.76 bits per heavy atom. The highest BCUT2D eigenvalue weighted by Crippen LogP contribution is 2.33. The quantitative estimate of drug-likeness (QED) is 0.565. The maximum Gasteiger partial charge on any atom is 0.183 e. The van der Waals surface area contributed by atoms with Crippen LogP contribution in [0.1, 0.15) is 11.1 Å². The van der Waals surface area contributed by atoms with Crippen LogP contribution >= 0.6 is 11.3 Å². The Morgan fingerprint density at radius 1 is 1.18 bits per heavy atom. The van der Waals surface area contributed by atoms with Crippen molar-refractivity contribution in [3.63, 3.8) is 0 Å². The predicted octanol–water partition coefficient (Wildman–Crippen LogP) is 3.38. The van der Waals surface area contributed by atoms with Crippen LogP contribution < -0.4 is 5.43 Å². The lowest BCUT2D eigenvalue weighted by Crippen LogP contribution is -2.08. The second-order valence-corrected chi connectivity index (χ2v) is 5.23. The number of para-hydroxylation sites is 1. The summed E-state index contributed by atoms with van der Waals surface area (Å²) in [4.78, 5) is 17.4. The highest BCUT2D eigenvalue weighted by molar-refractivity contribution is 7.21. The molecule has 84 valence electrons. The van der Waals surface area contributed by atoms with Gasteiger partial charge >= 0.3 is 0 Å². The first kappa shape index (κ1) is 10.4. The fraction of sp³-hybridized carbons (Fsp3) is 0.143. The molecule has 3 heteroatoms. The number of aromatic nitrogens is 1. The lowest BCUT2D eigenvalue weighted by atomic mass is 10.1. The molecule has 1 aliphatic heterocycles. The SMILES string of the molecule is Cc1cc(=O)c(C)c2sc3ccccc3nc1-2. The van der Waals surface area contributed by atoms with Crippen LogP contribution in [0.3, 0.4) is 0 Å². The third kappa shape index (κ3) is 1.54. The van der Waals surface area contributed by atoms with Gasteiger partial charge in [-0.3, -0.25) is 4.79 Å². The number of benzene rings is 2. The van der Waals surface area contributed by atoms with Crippen molar-refractivity contribution in [3.8, 4) is 10.6 Å². The molecule has 1 aromatic rings. The van der Waals surface area contributed by atoms with Crippen molar-refractivity contribution in [2.24, 2.45) is 0 Å². The standard InChI is InChI=1S/C14H11NOS/c1-8-7-11(16)9(2)14-13(8)15-10-5-3-4-6-12(10)17-14/h3-7H,1-2H3. The van der Waals surface area contributed by atoms with Crippen molar-refractivity contribution in [1.82, 2.24) is 4.98 Å². The lowest BCUT2D eigenvalue weighted by molar-refractivity contribution is 1.28. The monoisotopic (exact) mass is 241 g/mol. The fourth-order valence-corrected chi connectivity index (χ4v) is 3.11. The molecular formula is C14H11NOS. The van der Waals surface area contributed by atoms with Gasteiger partial charge < -0.3 is 0 Å². The van der Waals surface area contributed by atoms with Crippen LogP contribution in [-0.2, 0) is 0 Å². The number of nitrogens with zero attached hydrogens (tertiary/aromatic N) is 1. The average molecular weight is 241 g/mol. The molecule has 0 fully saturated rings. The minimum absolute atomic E-state index is 0.100. The molecule has 0 spiro atoms. The van der Waals surface area contributed by atoms with Gasteiger partial charge in [0.05, 0.1) is 20.8 Å². The Morgan fingerprint density at radius 2 is 1.94 bits per heavy atom. The number of aryl methyl sites for hydroxylation is 1. The van der Waals surface area contributed by atoms with Gasteiger partial charge in [-0.05, 0) is 37.6 Å².